The van der Waals surface area contributed by atoms with Crippen molar-refractivity contribution in [3.05, 3.63) is 64.7 Å². The minimum atomic E-state index is 0.0800. The molecule has 118 valence electrons. The molecule has 1 aliphatic heterocycles. The van der Waals surface area contributed by atoms with Crippen molar-refractivity contribution < 1.29 is 4.79 Å². The third kappa shape index (κ3) is 2.55. The molecule has 3 unspecified atom stereocenters. The fraction of sp³-hybridized carbons (Fsp3) is 0.350. The Morgan fingerprint density at radius 2 is 1.78 bits per heavy atom. The molecule has 3 heteroatoms. The van der Waals surface area contributed by atoms with E-state index < -0.39 is 0 Å². The van der Waals surface area contributed by atoms with Crippen LogP contribution in [-0.2, 0) is 4.79 Å². The highest BCUT2D eigenvalue weighted by molar-refractivity contribution is 6.31. The van der Waals surface area contributed by atoms with E-state index in [0.29, 0.717) is 5.92 Å². The second-order valence-electron chi connectivity index (χ2n) is 6.71. The summed E-state index contributed by atoms with van der Waals surface area (Å²) < 4.78 is 0. The van der Waals surface area contributed by atoms with E-state index in [9.17, 15) is 4.79 Å². The minimum Gasteiger partial charge on any atom is -0.312 e. The molecule has 3 atom stereocenters. The Morgan fingerprint density at radius 1 is 1.09 bits per heavy atom. The molecule has 4 rings (SSSR count). The number of hydrogen-bond acceptors (Lipinski definition) is 1. The van der Waals surface area contributed by atoms with Gasteiger partial charge in [0.25, 0.3) is 0 Å². The molecule has 1 fully saturated rings. The van der Waals surface area contributed by atoms with Gasteiger partial charge in [0.05, 0.1) is 0 Å². The lowest BCUT2D eigenvalue weighted by molar-refractivity contribution is -0.120. The van der Waals surface area contributed by atoms with E-state index >= 15 is 0 Å². The summed E-state index contributed by atoms with van der Waals surface area (Å²) in [6, 6.07) is 16.2. The highest BCUT2D eigenvalue weighted by Crippen LogP contribution is 2.51. The molecule has 1 aliphatic carbocycles. The van der Waals surface area contributed by atoms with Crippen molar-refractivity contribution in [2.45, 2.75) is 31.6 Å². The van der Waals surface area contributed by atoms with Crippen LogP contribution in [0.15, 0.2) is 48.5 Å². The van der Waals surface area contributed by atoms with Crippen molar-refractivity contribution in [3.63, 3.8) is 0 Å². The zero-order valence-electron chi connectivity index (χ0n) is 13.2. The lowest BCUT2D eigenvalue weighted by Crippen LogP contribution is -2.37. The molecule has 0 saturated heterocycles. The van der Waals surface area contributed by atoms with Crippen molar-refractivity contribution in [2.24, 2.45) is 5.92 Å². The lowest BCUT2D eigenvalue weighted by Gasteiger charge is -2.33. The van der Waals surface area contributed by atoms with E-state index in [1.54, 1.807) is 0 Å². The molecule has 0 spiro atoms. The number of carbonyl (C=O) groups is 1. The Balaban J connectivity index is 1.58. The van der Waals surface area contributed by atoms with E-state index in [4.69, 9.17) is 11.6 Å². The van der Waals surface area contributed by atoms with Crippen LogP contribution in [-0.4, -0.2) is 12.5 Å². The maximum atomic E-state index is 13.0. The van der Waals surface area contributed by atoms with Gasteiger partial charge in [-0.05, 0) is 47.9 Å². The van der Waals surface area contributed by atoms with Gasteiger partial charge < -0.3 is 4.90 Å². The molecular weight excluding hydrogens is 306 g/mol. The zero-order valence-corrected chi connectivity index (χ0v) is 14.0. The van der Waals surface area contributed by atoms with Gasteiger partial charge >= 0.3 is 0 Å². The fourth-order valence-corrected chi connectivity index (χ4v) is 4.04. The van der Waals surface area contributed by atoms with Crippen LogP contribution >= 0.6 is 11.6 Å². The van der Waals surface area contributed by atoms with Crippen LogP contribution in [0.1, 0.15) is 42.7 Å². The number of anilines is 1. The summed E-state index contributed by atoms with van der Waals surface area (Å²) in [6.45, 7) is 3.06. The minimum absolute atomic E-state index is 0.0800. The molecule has 0 bridgehead atoms. The van der Waals surface area contributed by atoms with Gasteiger partial charge in [-0.25, -0.2) is 0 Å². The van der Waals surface area contributed by atoms with Crippen LogP contribution in [0.4, 0.5) is 5.69 Å². The number of nitrogens with zero attached hydrogens (tertiary/aromatic N) is 1. The quantitative estimate of drug-likeness (QED) is 0.762. The first-order valence-corrected chi connectivity index (χ1v) is 8.69. The zero-order chi connectivity index (χ0) is 16.0. The SMILES string of the molecule is CC1CCN(C(=O)C2CC2c2ccccc2Cl)c2ccccc21. The molecule has 23 heavy (non-hydrogen) atoms. The van der Waals surface area contributed by atoms with Crippen LogP contribution in [0, 0.1) is 5.92 Å². The van der Waals surface area contributed by atoms with Gasteiger partial charge in [0, 0.05) is 23.2 Å². The predicted octanol–water partition coefficient (Wildman–Crippen LogP) is 4.98. The molecule has 2 aliphatic rings. The second kappa shape index (κ2) is 5.68. The van der Waals surface area contributed by atoms with E-state index in [1.807, 2.05) is 35.2 Å². The van der Waals surface area contributed by atoms with Crippen molar-refractivity contribution in [3.8, 4) is 0 Å². The van der Waals surface area contributed by atoms with Crippen LogP contribution in [0.2, 0.25) is 5.02 Å². The van der Waals surface area contributed by atoms with Crippen molar-refractivity contribution in [2.75, 3.05) is 11.4 Å². The first kappa shape index (κ1) is 14.8. The Hall–Kier alpha value is -1.80. The molecule has 2 aromatic rings. The molecule has 0 radical (unpaired) electrons. The Kier molecular flexibility index (Phi) is 3.65. The smallest absolute Gasteiger partial charge is 0.230 e. The van der Waals surface area contributed by atoms with Crippen LogP contribution in [0.25, 0.3) is 0 Å². The number of fused-ring (bicyclic) bond motifs is 1. The average Bonchev–Trinajstić information content (AvgIpc) is 3.36. The van der Waals surface area contributed by atoms with Crippen LogP contribution in [0.5, 0.6) is 0 Å². The molecule has 2 nitrogen and oxygen atoms in total. The van der Waals surface area contributed by atoms with Gasteiger partial charge in [-0.2, -0.15) is 0 Å². The van der Waals surface area contributed by atoms with E-state index in [2.05, 4.69) is 25.1 Å². The monoisotopic (exact) mass is 325 g/mol. The fourth-order valence-electron chi connectivity index (χ4n) is 3.77. The number of halogens is 1. The number of amides is 1. The molecule has 0 aromatic heterocycles. The van der Waals surface area contributed by atoms with Gasteiger partial charge in [0.2, 0.25) is 5.91 Å². The maximum Gasteiger partial charge on any atom is 0.230 e. The van der Waals surface area contributed by atoms with Gasteiger partial charge in [-0.3, -0.25) is 4.79 Å². The summed E-state index contributed by atoms with van der Waals surface area (Å²) in [5.41, 5.74) is 3.51. The molecule has 0 N–H and O–H groups in total. The normalized spacial score (nSPS) is 25.8. The van der Waals surface area contributed by atoms with Crippen molar-refractivity contribution in [1.82, 2.24) is 0 Å². The van der Waals surface area contributed by atoms with Gasteiger partial charge in [-0.1, -0.05) is 54.9 Å². The highest BCUT2D eigenvalue weighted by Gasteiger charge is 2.47. The van der Waals surface area contributed by atoms with Crippen molar-refractivity contribution >= 4 is 23.2 Å². The summed E-state index contributed by atoms with van der Waals surface area (Å²) in [5, 5.41) is 0.778. The third-order valence-electron chi connectivity index (χ3n) is 5.22. The number of para-hydroxylation sites is 1. The average molecular weight is 326 g/mol. The van der Waals surface area contributed by atoms with Crippen LogP contribution in [0.3, 0.4) is 0 Å². The molecule has 1 heterocycles. The summed E-state index contributed by atoms with van der Waals surface area (Å²) in [5.74, 6) is 1.14. The van der Waals surface area contributed by atoms with E-state index in [1.165, 1.54) is 5.56 Å². The Labute approximate surface area is 142 Å². The molecule has 1 amide bonds. The highest BCUT2D eigenvalue weighted by atomic mass is 35.5. The number of carbonyl (C=O) groups excluding carboxylic acids is 1. The molecular formula is C20H20ClNO. The predicted molar refractivity (Wildman–Crippen MR) is 94.1 cm³/mol. The molecule has 1 saturated carbocycles. The number of benzene rings is 2. The third-order valence-corrected chi connectivity index (χ3v) is 5.57. The first-order valence-electron chi connectivity index (χ1n) is 8.31. The Morgan fingerprint density at radius 3 is 2.57 bits per heavy atom. The topological polar surface area (TPSA) is 20.3 Å². The van der Waals surface area contributed by atoms with Gasteiger partial charge in [-0.15, -0.1) is 0 Å². The van der Waals surface area contributed by atoms with Crippen LogP contribution < -0.4 is 4.90 Å². The lowest BCUT2D eigenvalue weighted by atomic mass is 9.91. The van der Waals surface area contributed by atoms with E-state index in [0.717, 1.165) is 35.7 Å². The standard InChI is InChI=1S/C20H20ClNO/c1-13-10-11-22(19-9-5-3-6-14(13)19)20(23)17-12-16(17)15-7-2-4-8-18(15)21/h2-9,13,16-17H,10-12H2,1H3. The van der Waals surface area contributed by atoms with Crippen molar-refractivity contribution in [1.29, 1.82) is 0 Å². The van der Waals surface area contributed by atoms with E-state index in [-0.39, 0.29) is 17.7 Å². The first-order chi connectivity index (χ1) is 11.2. The summed E-state index contributed by atoms with van der Waals surface area (Å²) in [6.07, 6.45) is 1.95. The van der Waals surface area contributed by atoms with Gasteiger partial charge in [0.15, 0.2) is 0 Å². The second-order valence-corrected chi connectivity index (χ2v) is 7.12. The summed E-state index contributed by atoms with van der Waals surface area (Å²) in [7, 11) is 0. The molecule has 2 aromatic carbocycles. The summed E-state index contributed by atoms with van der Waals surface area (Å²) in [4.78, 5) is 15.0. The maximum absolute atomic E-state index is 13.0. The number of rotatable bonds is 2. The summed E-state index contributed by atoms with van der Waals surface area (Å²) >= 11 is 6.29. The Bertz CT molecular complexity index is 757. The number of hydrogen-bond donors (Lipinski definition) is 0. The van der Waals surface area contributed by atoms with Gasteiger partial charge in [0.1, 0.15) is 0 Å². The largest absolute Gasteiger partial charge is 0.312 e.